The highest BCUT2D eigenvalue weighted by atomic mass is 16.6. The number of carbonyl (C=O) groups excluding carboxylic acids is 1. The van der Waals surface area contributed by atoms with E-state index in [1.165, 1.54) is 6.42 Å². The van der Waals surface area contributed by atoms with Crippen LogP contribution >= 0.6 is 0 Å². The van der Waals surface area contributed by atoms with Crippen molar-refractivity contribution >= 4 is 6.09 Å². The summed E-state index contributed by atoms with van der Waals surface area (Å²) in [6.07, 6.45) is 5.36. The molecule has 0 aliphatic heterocycles. The number of alkyl carbamates (subject to hydrolysis) is 1. The topological polar surface area (TPSA) is 41.6 Å². The largest absolute Gasteiger partial charge is 0.444 e. The van der Waals surface area contributed by atoms with Gasteiger partial charge in [-0.15, -0.1) is 0 Å². The third-order valence-electron chi connectivity index (χ3n) is 3.62. The number of carbonyl (C=O) groups is 1. The second kappa shape index (κ2) is 7.13. The van der Waals surface area contributed by atoms with Crippen LogP contribution in [0.15, 0.2) is 0 Å². The van der Waals surface area contributed by atoms with Gasteiger partial charge >= 0.3 is 6.09 Å². The Hall–Kier alpha value is -0.770. The van der Waals surface area contributed by atoms with Crippen molar-refractivity contribution < 1.29 is 9.53 Å². The highest BCUT2D eigenvalue weighted by Crippen LogP contribution is 2.22. The van der Waals surface area contributed by atoms with E-state index in [1.807, 2.05) is 20.8 Å². The highest BCUT2D eigenvalue weighted by Gasteiger charge is 2.26. The lowest BCUT2D eigenvalue weighted by Crippen LogP contribution is -2.44. The summed E-state index contributed by atoms with van der Waals surface area (Å²) in [6, 6.07) is 0.956. The molecular formula is C15H30N2O2. The number of hydrogen-bond donors (Lipinski definition) is 1. The van der Waals surface area contributed by atoms with Crippen LogP contribution in [0.4, 0.5) is 4.79 Å². The van der Waals surface area contributed by atoms with Crippen molar-refractivity contribution in [2.75, 3.05) is 13.6 Å². The van der Waals surface area contributed by atoms with E-state index >= 15 is 0 Å². The molecule has 0 aromatic carbocycles. The number of nitrogens with zero attached hydrogens (tertiary/aromatic N) is 1. The van der Waals surface area contributed by atoms with Crippen molar-refractivity contribution in [1.29, 1.82) is 0 Å². The molecule has 4 nitrogen and oxygen atoms in total. The van der Waals surface area contributed by atoms with E-state index in [4.69, 9.17) is 4.74 Å². The zero-order chi connectivity index (χ0) is 14.5. The Balaban J connectivity index is 2.28. The van der Waals surface area contributed by atoms with Crippen LogP contribution in [0.3, 0.4) is 0 Å². The number of amides is 1. The van der Waals surface area contributed by atoms with Crippen molar-refractivity contribution in [2.45, 2.75) is 77.5 Å². The Morgan fingerprint density at radius 2 is 1.84 bits per heavy atom. The summed E-state index contributed by atoms with van der Waals surface area (Å²) in [5.74, 6) is 0. The molecule has 0 unspecified atom stereocenters. The average Bonchev–Trinajstić information content (AvgIpc) is 2.27. The van der Waals surface area contributed by atoms with Gasteiger partial charge in [0.05, 0.1) is 0 Å². The second-order valence-electron chi connectivity index (χ2n) is 6.63. The minimum absolute atomic E-state index is 0.279. The molecule has 1 rings (SSSR count). The third kappa shape index (κ3) is 6.28. The SMILES string of the molecule is CCCN(C)C1CCC(NC(=O)OC(C)(C)C)CC1. The van der Waals surface area contributed by atoms with Gasteiger partial charge in [0.2, 0.25) is 0 Å². The minimum atomic E-state index is -0.414. The molecule has 0 heterocycles. The molecule has 0 saturated heterocycles. The van der Waals surface area contributed by atoms with Crippen molar-refractivity contribution in [3.05, 3.63) is 0 Å². The fourth-order valence-electron chi connectivity index (χ4n) is 2.67. The van der Waals surface area contributed by atoms with Crippen LogP contribution in [0, 0.1) is 0 Å². The molecule has 4 heteroatoms. The molecule has 1 aliphatic carbocycles. The molecule has 0 atom stereocenters. The van der Waals surface area contributed by atoms with Crippen LogP contribution in [0.25, 0.3) is 0 Å². The summed E-state index contributed by atoms with van der Waals surface area (Å²) in [7, 11) is 2.20. The fraction of sp³-hybridized carbons (Fsp3) is 0.933. The van der Waals surface area contributed by atoms with E-state index in [-0.39, 0.29) is 12.1 Å². The number of nitrogens with one attached hydrogen (secondary N) is 1. The molecule has 1 aliphatic rings. The zero-order valence-electron chi connectivity index (χ0n) is 13.2. The minimum Gasteiger partial charge on any atom is -0.444 e. The van der Waals surface area contributed by atoms with Crippen molar-refractivity contribution in [3.8, 4) is 0 Å². The normalized spacial score (nSPS) is 24.3. The van der Waals surface area contributed by atoms with Crippen LogP contribution in [-0.4, -0.2) is 42.3 Å². The van der Waals surface area contributed by atoms with Crippen molar-refractivity contribution in [2.24, 2.45) is 0 Å². The van der Waals surface area contributed by atoms with Gasteiger partial charge in [-0.05, 0) is 66.5 Å². The maximum atomic E-state index is 11.7. The lowest BCUT2D eigenvalue weighted by Gasteiger charge is -2.35. The molecule has 0 aromatic rings. The van der Waals surface area contributed by atoms with Gasteiger partial charge in [0.1, 0.15) is 5.60 Å². The predicted octanol–water partition coefficient (Wildman–Crippen LogP) is 3.16. The smallest absolute Gasteiger partial charge is 0.407 e. The zero-order valence-corrected chi connectivity index (χ0v) is 13.2. The first-order chi connectivity index (χ1) is 8.81. The van der Waals surface area contributed by atoms with Gasteiger partial charge in [-0.3, -0.25) is 0 Å². The molecule has 1 fully saturated rings. The standard InChI is InChI=1S/C15H30N2O2/c1-6-11-17(5)13-9-7-12(8-10-13)16-14(18)19-15(2,3)4/h12-13H,6-11H2,1-5H3,(H,16,18). The lowest BCUT2D eigenvalue weighted by molar-refractivity contribution is 0.0480. The van der Waals surface area contributed by atoms with Crippen LogP contribution in [0.1, 0.15) is 59.8 Å². The summed E-state index contributed by atoms with van der Waals surface area (Å²) >= 11 is 0. The van der Waals surface area contributed by atoms with E-state index in [2.05, 4.69) is 24.2 Å². The number of ether oxygens (including phenoxy) is 1. The van der Waals surface area contributed by atoms with E-state index in [1.54, 1.807) is 0 Å². The number of rotatable bonds is 4. The highest BCUT2D eigenvalue weighted by molar-refractivity contribution is 5.68. The van der Waals surface area contributed by atoms with E-state index in [0.29, 0.717) is 6.04 Å². The molecule has 1 N–H and O–H groups in total. The molecule has 0 radical (unpaired) electrons. The first-order valence-electron chi connectivity index (χ1n) is 7.51. The van der Waals surface area contributed by atoms with E-state index < -0.39 is 5.60 Å². The van der Waals surface area contributed by atoms with Crippen LogP contribution < -0.4 is 5.32 Å². The first kappa shape index (κ1) is 16.3. The Morgan fingerprint density at radius 3 is 2.32 bits per heavy atom. The third-order valence-corrected chi connectivity index (χ3v) is 3.62. The second-order valence-corrected chi connectivity index (χ2v) is 6.63. The Labute approximate surface area is 117 Å². The predicted molar refractivity (Wildman–Crippen MR) is 78.3 cm³/mol. The summed E-state index contributed by atoms with van der Waals surface area (Å²) in [5, 5.41) is 2.99. The van der Waals surface area contributed by atoms with Crippen molar-refractivity contribution in [1.82, 2.24) is 10.2 Å². The van der Waals surface area contributed by atoms with Gasteiger partial charge in [-0.25, -0.2) is 4.79 Å². The van der Waals surface area contributed by atoms with Crippen LogP contribution in [0.2, 0.25) is 0 Å². The lowest BCUT2D eigenvalue weighted by atomic mass is 9.90. The van der Waals surface area contributed by atoms with Crippen LogP contribution in [0.5, 0.6) is 0 Å². The monoisotopic (exact) mass is 270 g/mol. The van der Waals surface area contributed by atoms with E-state index in [9.17, 15) is 4.79 Å². The maximum Gasteiger partial charge on any atom is 0.407 e. The molecule has 1 saturated carbocycles. The summed E-state index contributed by atoms with van der Waals surface area (Å²) in [6.45, 7) is 9.05. The van der Waals surface area contributed by atoms with Gasteiger partial charge in [-0.2, -0.15) is 0 Å². The summed E-state index contributed by atoms with van der Waals surface area (Å²) < 4.78 is 5.29. The maximum absolute atomic E-state index is 11.7. The summed E-state index contributed by atoms with van der Waals surface area (Å²) in [4.78, 5) is 14.1. The Bertz CT molecular complexity index is 278. The Kier molecular flexibility index (Phi) is 6.11. The molecule has 0 bridgehead atoms. The molecule has 0 aromatic heterocycles. The molecule has 19 heavy (non-hydrogen) atoms. The quantitative estimate of drug-likeness (QED) is 0.853. The first-order valence-corrected chi connectivity index (χ1v) is 7.51. The molecule has 112 valence electrons. The van der Waals surface area contributed by atoms with Gasteiger partial charge in [-0.1, -0.05) is 6.92 Å². The molecule has 1 amide bonds. The average molecular weight is 270 g/mol. The van der Waals surface area contributed by atoms with Crippen LogP contribution in [-0.2, 0) is 4.74 Å². The molecule has 0 spiro atoms. The summed E-state index contributed by atoms with van der Waals surface area (Å²) in [5.41, 5.74) is -0.414. The van der Waals surface area contributed by atoms with Crippen molar-refractivity contribution in [3.63, 3.8) is 0 Å². The van der Waals surface area contributed by atoms with Gasteiger partial charge in [0.25, 0.3) is 0 Å². The van der Waals surface area contributed by atoms with Gasteiger partial charge in [0, 0.05) is 12.1 Å². The molecular weight excluding hydrogens is 240 g/mol. The van der Waals surface area contributed by atoms with Gasteiger partial charge in [0.15, 0.2) is 0 Å². The fourth-order valence-corrected chi connectivity index (χ4v) is 2.67. The Morgan fingerprint density at radius 1 is 1.26 bits per heavy atom. The van der Waals surface area contributed by atoms with E-state index in [0.717, 1.165) is 32.2 Å². The van der Waals surface area contributed by atoms with Gasteiger partial charge < -0.3 is 15.0 Å². The number of hydrogen-bond acceptors (Lipinski definition) is 3.